The first-order valence-electron chi connectivity index (χ1n) is 6.61. The van der Waals surface area contributed by atoms with Gasteiger partial charge in [0.05, 0.1) is 6.20 Å². The summed E-state index contributed by atoms with van der Waals surface area (Å²) in [6.07, 6.45) is 6.31. The molecule has 2 aromatic rings. The molecule has 3 nitrogen and oxygen atoms in total. The van der Waals surface area contributed by atoms with Crippen molar-refractivity contribution in [3.05, 3.63) is 40.3 Å². The van der Waals surface area contributed by atoms with Crippen molar-refractivity contribution in [2.75, 3.05) is 6.54 Å². The molecule has 0 amide bonds. The smallest absolute Gasteiger partial charge is 0.0522 e. The fraction of sp³-hybridized carbons (Fsp3) is 0.500. The predicted molar refractivity (Wildman–Crippen MR) is 77.0 cm³/mol. The third-order valence-electron chi connectivity index (χ3n) is 2.98. The lowest BCUT2D eigenvalue weighted by molar-refractivity contribution is 0.536. The fourth-order valence-electron chi connectivity index (χ4n) is 2.00. The number of aryl methyl sites for hydroxylation is 1. The molecule has 0 aliphatic heterocycles. The number of nitrogens with one attached hydrogen (secondary N) is 1. The van der Waals surface area contributed by atoms with E-state index in [2.05, 4.69) is 48.0 Å². The zero-order chi connectivity index (χ0) is 12.8. The summed E-state index contributed by atoms with van der Waals surface area (Å²) < 4.78 is 1.99. The third kappa shape index (κ3) is 3.43. The molecule has 18 heavy (non-hydrogen) atoms. The molecule has 4 heteroatoms. The molecule has 2 rings (SSSR count). The van der Waals surface area contributed by atoms with Crippen molar-refractivity contribution in [2.45, 2.75) is 39.3 Å². The highest BCUT2D eigenvalue weighted by Crippen LogP contribution is 2.22. The zero-order valence-corrected chi connectivity index (χ0v) is 11.9. The molecule has 0 bridgehead atoms. The molecule has 2 aromatic heterocycles. The average Bonchev–Trinajstić information content (AvgIpc) is 3.05. The molecule has 1 N–H and O–H groups in total. The minimum atomic E-state index is 0.416. The first-order chi connectivity index (χ1) is 8.83. The monoisotopic (exact) mass is 263 g/mol. The second-order valence-corrected chi connectivity index (χ2v) is 5.41. The van der Waals surface area contributed by atoms with Crippen LogP contribution in [0.2, 0.25) is 0 Å². The average molecular weight is 263 g/mol. The van der Waals surface area contributed by atoms with Crippen LogP contribution >= 0.6 is 11.3 Å². The van der Waals surface area contributed by atoms with Gasteiger partial charge < -0.3 is 5.32 Å². The van der Waals surface area contributed by atoms with Crippen LogP contribution in [0.3, 0.4) is 0 Å². The van der Waals surface area contributed by atoms with Crippen molar-refractivity contribution in [2.24, 2.45) is 0 Å². The van der Waals surface area contributed by atoms with E-state index in [9.17, 15) is 0 Å². The van der Waals surface area contributed by atoms with Crippen LogP contribution in [0.4, 0.5) is 0 Å². The number of nitrogens with zero attached hydrogens (tertiary/aromatic N) is 2. The van der Waals surface area contributed by atoms with Gasteiger partial charge in [-0.15, -0.1) is 11.3 Å². The van der Waals surface area contributed by atoms with Crippen molar-refractivity contribution < 1.29 is 0 Å². The highest BCUT2D eigenvalue weighted by molar-refractivity contribution is 7.10. The van der Waals surface area contributed by atoms with Crippen molar-refractivity contribution >= 4 is 11.3 Å². The van der Waals surface area contributed by atoms with Gasteiger partial charge in [0.1, 0.15) is 0 Å². The summed E-state index contributed by atoms with van der Waals surface area (Å²) in [5.74, 6) is 0. The van der Waals surface area contributed by atoms with Crippen LogP contribution < -0.4 is 5.32 Å². The molecule has 1 atom stereocenters. The van der Waals surface area contributed by atoms with E-state index in [4.69, 9.17) is 0 Å². The molecule has 0 aromatic carbocycles. The van der Waals surface area contributed by atoms with E-state index in [0.29, 0.717) is 6.04 Å². The van der Waals surface area contributed by atoms with Crippen LogP contribution in [0, 0.1) is 0 Å². The van der Waals surface area contributed by atoms with Gasteiger partial charge in [0.2, 0.25) is 0 Å². The van der Waals surface area contributed by atoms with E-state index in [0.717, 1.165) is 25.9 Å². The molecule has 1 unspecified atom stereocenters. The van der Waals surface area contributed by atoms with E-state index >= 15 is 0 Å². The molecular formula is C14H21N3S. The Morgan fingerprint density at radius 3 is 2.94 bits per heavy atom. The van der Waals surface area contributed by atoms with Gasteiger partial charge in [-0.3, -0.25) is 4.68 Å². The number of aromatic nitrogens is 2. The van der Waals surface area contributed by atoms with E-state index in [1.807, 2.05) is 22.2 Å². The molecule has 0 saturated carbocycles. The molecule has 0 saturated heterocycles. The predicted octanol–water partition coefficient (Wildman–Crippen LogP) is 3.25. The quantitative estimate of drug-likeness (QED) is 0.831. The highest BCUT2D eigenvalue weighted by atomic mass is 32.1. The number of rotatable bonds is 7. The van der Waals surface area contributed by atoms with Crippen molar-refractivity contribution in [3.63, 3.8) is 0 Å². The van der Waals surface area contributed by atoms with Gasteiger partial charge in [0.15, 0.2) is 0 Å². The molecule has 0 aliphatic carbocycles. The maximum atomic E-state index is 4.34. The van der Waals surface area contributed by atoms with Gasteiger partial charge in [-0.25, -0.2) is 0 Å². The Hall–Kier alpha value is -1.13. The lowest BCUT2D eigenvalue weighted by Crippen LogP contribution is -2.23. The minimum absolute atomic E-state index is 0.416. The van der Waals surface area contributed by atoms with Crippen molar-refractivity contribution in [1.82, 2.24) is 15.1 Å². The molecule has 98 valence electrons. The first kappa shape index (κ1) is 13.3. The van der Waals surface area contributed by atoms with E-state index < -0.39 is 0 Å². The van der Waals surface area contributed by atoms with E-state index in [1.54, 1.807) is 0 Å². The maximum absolute atomic E-state index is 4.34. The van der Waals surface area contributed by atoms with Gasteiger partial charge in [-0.2, -0.15) is 5.10 Å². The summed E-state index contributed by atoms with van der Waals surface area (Å²) >= 11 is 1.82. The van der Waals surface area contributed by atoms with Gasteiger partial charge >= 0.3 is 0 Å². The van der Waals surface area contributed by atoms with E-state index in [-0.39, 0.29) is 0 Å². The second-order valence-electron chi connectivity index (χ2n) is 4.43. The maximum Gasteiger partial charge on any atom is 0.0522 e. The summed E-state index contributed by atoms with van der Waals surface area (Å²) in [6, 6.07) is 4.75. The summed E-state index contributed by atoms with van der Waals surface area (Å²) in [7, 11) is 0. The zero-order valence-electron chi connectivity index (χ0n) is 11.1. The number of hydrogen-bond acceptors (Lipinski definition) is 3. The lowest BCUT2D eigenvalue weighted by atomic mass is 10.1. The molecule has 0 aliphatic rings. The fourth-order valence-corrected chi connectivity index (χ4v) is 2.80. The van der Waals surface area contributed by atoms with Gasteiger partial charge in [-0.05, 0) is 43.3 Å². The SMILES string of the molecule is CCCNC(Cc1cnn(CC)c1)c1cccs1. The number of thiophene rings is 1. The number of hydrogen-bond donors (Lipinski definition) is 1. The Balaban J connectivity index is 2.04. The topological polar surface area (TPSA) is 29.9 Å². The van der Waals surface area contributed by atoms with Crippen LogP contribution in [-0.4, -0.2) is 16.3 Å². The van der Waals surface area contributed by atoms with Gasteiger partial charge in [0, 0.05) is 23.7 Å². The van der Waals surface area contributed by atoms with Crippen molar-refractivity contribution in [3.8, 4) is 0 Å². The summed E-state index contributed by atoms with van der Waals surface area (Å²) in [6.45, 7) is 6.31. The Kier molecular flexibility index (Phi) is 4.96. The standard InChI is InChI=1S/C14H21N3S/c1-3-7-15-13(14-6-5-8-18-14)9-12-10-16-17(4-2)11-12/h5-6,8,10-11,13,15H,3-4,7,9H2,1-2H3. The highest BCUT2D eigenvalue weighted by Gasteiger charge is 2.13. The minimum Gasteiger partial charge on any atom is -0.309 e. The Morgan fingerprint density at radius 1 is 1.44 bits per heavy atom. The van der Waals surface area contributed by atoms with E-state index in [1.165, 1.54) is 10.4 Å². The second kappa shape index (κ2) is 6.71. The molecule has 0 spiro atoms. The third-order valence-corrected chi connectivity index (χ3v) is 3.96. The van der Waals surface area contributed by atoms with Gasteiger partial charge in [0.25, 0.3) is 0 Å². The van der Waals surface area contributed by atoms with Crippen molar-refractivity contribution in [1.29, 1.82) is 0 Å². The molecule has 0 radical (unpaired) electrons. The Bertz CT molecular complexity index is 447. The van der Waals surface area contributed by atoms with Crippen LogP contribution in [0.25, 0.3) is 0 Å². The first-order valence-corrected chi connectivity index (χ1v) is 7.49. The largest absolute Gasteiger partial charge is 0.309 e. The molecule has 2 heterocycles. The Labute approximate surface area is 113 Å². The summed E-state index contributed by atoms with van der Waals surface area (Å²) in [4.78, 5) is 1.41. The van der Waals surface area contributed by atoms with Crippen LogP contribution in [0.1, 0.15) is 36.8 Å². The summed E-state index contributed by atoms with van der Waals surface area (Å²) in [5, 5.41) is 10.1. The Morgan fingerprint density at radius 2 is 2.33 bits per heavy atom. The summed E-state index contributed by atoms with van der Waals surface area (Å²) in [5.41, 5.74) is 1.30. The van der Waals surface area contributed by atoms with Gasteiger partial charge in [-0.1, -0.05) is 13.0 Å². The molecular weight excluding hydrogens is 242 g/mol. The van der Waals surface area contributed by atoms with Crippen LogP contribution in [0.15, 0.2) is 29.9 Å². The lowest BCUT2D eigenvalue weighted by Gasteiger charge is -2.16. The van der Waals surface area contributed by atoms with Crippen LogP contribution in [-0.2, 0) is 13.0 Å². The van der Waals surface area contributed by atoms with Crippen LogP contribution in [0.5, 0.6) is 0 Å². The normalized spacial score (nSPS) is 12.8. The molecule has 0 fully saturated rings.